The normalized spacial score (nSPS) is 17.9. The molecule has 1 saturated heterocycles. The van der Waals surface area contributed by atoms with Gasteiger partial charge in [0.15, 0.2) is 23.0 Å². The molecule has 2 fully saturated rings. The highest BCUT2D eigenvalue weighted by Crippen LogP contribution is 2.45. The standard InChI is InChI=1S/C22H33F2N5O5/c23-16-18(26-14-6-2-1-3-7-14)21(29(32)33)19(27-15(22(30)31)8-4-5-9-25)17(24)20(16)28-10-12-34-13-11-28/h14-15,26-27H,1-13,25H2,(H,30,31)/t15-/m0/s1. The van der Waals surface area contributed by atoms with Crippen LogP contribution in [-0.2, 0) is 9.53 Å². The third-order valence-electron chi connectivity index (χ3n) is 6.36. The van der Waals surface area contributed by atoms with Gasteiger partial charge in [-0.15, -0.1) is 0 Å². The lowest BCUT2D eigenvalue weighted by Crippen LogP contribution is -2.38. The average Bonchev–Trinajstić information content (AvgIpc) is 2.82. The van der Waals surface area contributed by atoms with Crippen LogP contribution in [-0.4, -0.2) is 60.9 Å². The Kier molecular flexibility index (Phi) is 9.22. The van der Waals surface area contributed by atoms with Gasteiger partial charge in [-0.05, 0) is 38.6 Å². The number of unbranched alkanes of at least 4 members (excludes halogenated alkanes) is 1. The van der Waals surface area contributed by atoms with E-state index in [4.69, 9.17) is 10.5 Å². The summed E-state index contributed by atoms with van der Waals surface area (Å²) in [5, 5.41) is 27.2. The van der Waals surface area contributed by atoms with Crippen molar-refractivity contribution < 1.29 is 28.3 Å². The van der Waals surface area contributed by atoms with Crippen molar-refractivity contribution in [1.29, 1.82) is 0 Å². The van der Waals surface area contributed by atoms with E-state index in [0.717, 1.165) is 19.3 Å². The second-order valence-corrected chi connectivity index (χ2v) is 8.73. The van der Waals surface area contributed by atoms with Gasteiger partial charge in [-0.1, -0.05) is 19.3 Å². The Balaban J connectivity index is 2.10. The fourth-order valence-electron chi connectivity index (χ4n) is 4.55. The number of aliphatic carboxylic acids is 1. The topological polar surface area (TPSA) is 143 Å². The Hall–Kier alpha value is -2.73. The smallest absolute Gasteiger partial charge is 0.326 e. The van der Waals surface area contributed by atoms with E-state index >= 15 is 8.78 Å². The summed E-state index contributed by atoms with van der Waals surface area (Å²) < 4.78 is 36.8. The van der Waals surface area contributed by atoms with Gasteiger partial charge in [0, 0.05) is 19.1 Å². The zero-order chi connectivity index (χ0) is 24.7. The maximum Gasteiger partial charge on any atom is 0.326 e. The lowest BCUT2D eigenvalue weighted by molar-refractivity contribution is -0.383. The minimum Gasteiger partial charge on any atom is -0.480 e. The molecule has 1 aromatic carbocycles. The van der Waals surface area contributed by atoms with Crippen LogP contribution in [0.2, 0.25) is 0 Å². The highest BCUT2D eigenvalue weighted by molar-refractivity contribution is 5.87. The van der Waals surface area contributed by atoms with E-state index in [2.05, 4.69) is 10.6 Å². The maximum atomic E-state index is 15.8. The van der Waals surface area contributed by atoms with Crippen molar-refractivity contribution in [2.45, 2.75) is 63.5 Å². The van der Waals surface area contributed by atoms with E-state index in [1.54, 1.807) is 0 Å². The number of hydrogen-bond donors (Lipinski definition) is 4. The van der Waals surface area contributed by atoms with E-state index in [9.17, 15) is 20.0 Å². The molecule has 1 aliphatic heterocycles. The quantitative estimate of drug-likeness (QED) is 0.210. The Morgan fingerprint density at radius 3 is 2.41 bits per heavy atom. The Labute approximate surface area is 197 Å². The highest BCUT2D eigenvalue weighted by Gasteiger charge is 2.37. The van der Waals surface area contributed by atoms with Crippen molar-refractivity contribution in [3.8, 4) is 0 Å². The van der Waals surface area contributed by atoms with E-state index in [-0.39, 0.29) is 38.8 Å². The van der Waals surface area contributed by atoms with Crippen LogP contribution in [0, 0.1) is 21.7 Å². The van der Waals surface area contributed by atoms with Crippen molar-refractivity contribution in [3.63, 3.8) is 0 Å². The summed E-state index contributed by atoms with van der Waals surface area (Å²) in [6.45, 7) is 1.26. The van der Waals surface area contributed by atoms with E-state index in [1.807, 2.05) is 0 Å². The number of carboxylic acid groups (broad SMARTS) is 1. The minimum absolute atomic E-state index is 0.0821. The number of nitro benzene ring substituents is 1. The molecule has 5 N–H and O–H groups in total. The number of hydrogen-bond acceptors (Lipinski definition) is 8. The van der Waals surface area contributed by atoms with Gasteiger partial charge < -0.3 is 31.1 Å². The van der Waals surface area contributed by atoms with Crippen LogP contribution in [0.4, 0.5) is 31.5 Å². The molecule has 0 aromatic heterocycles. The van der Waals surface area contributed by atoms with Crippen LogP contribution < -0.4 is 21.3 Å². The molecule has 12 heteroatoms. The molecule has 2 aliphatic rings. The molecule has 1 atom stereocenters. The van der Waals surface area contributed by atoms with Gasteiger partial charge in [0.1, 0.15) is 11.7 Å². The summed E-state index contributed by atoms with van der Waals surface area (Å²) in [5.41, 5.74) is 3.22. The molecule has 0 unspecified atom stereocenters. The molecule has 190 valence electrons. The summed E-state index contributed by atoms with van der Waals surface area (Å²) in [6, 6.07) is -1.50. The first-order valence-corrected chi connectivity index (χ1v) is 11.8. The largest absolute Gasteiger partial charge is 0.480 e. The van der Waals surface area contributed by atoms with Crippen molar-refractivity contribution in [3.05, 3.63) is 21.7 Å². The van der Waals surface area contributed by atoms with Crippen LogP contribution in [0.5, 0.6) is 0 Å². The van der Waals surface area contributed by atoms with Crippen LogP contribution in [0.3, 0.4) is 0 Å². The number of halogens is 2. The molecular weight excluding hydrogens is 452 g/mol. The van der Waals surface area contributed by atoms with E-state index in [0.29, 0.717) is 32.2 Å². The van der Waals surface area contributed by atoms with Crippen LogP contribution in [0.25, 0.3) is 0 Å². The second kappa shape index (κ2) is 12.1. The molecule has 0 bridgehead atoms. The first-order valence-electron chi connectivity index (χ1n) is 11.8. The Morgan fingerprint density at radius 1 is 1.18 bits per heavy atom. The van der Waals surface area contributed by atoms with Crippen LogP contribution in [0.1, 0.15) is 51.4 Å². The predicted octanol–water partition coefficient (Wildman–Crippen LogP) is 3.45. The molecule has 1 saturated carbocycles. The van der Waals surface area contributed by atoms with Crippen molar-refractivity contribution >= 4 is 28.7 Å². The molecule has 3 rings (SSSR count). The number of carbonyl (C=O) groups is 1. The zero-order valence-corrected chi connectivity index (χ0v) is 19.2. The number of nitrogens with two attached hydrogens (primary N) is 1. The fourth-order valence-corrected chi connectivity index (χ4v) is 4.55. The molecule has 1 aromatic rings. The maximum absolute atomic E-state index is 15.8. The summed E-state index contributed by atoms with van der Waals surface area (Å²) >= 11 is 0. The first-order chi connectivity index (χ1) is 16.3. The number of anilines is 3. The Bertz CT molecular complexity index is 876. The van der Waals surface area contributed by atoms with Gasteiger partial charge in [0.25, 0.3) is 0 Å². The lowest BCUT2D eigenvalue weighted by atomic mass is 9.95. The SMILES string of the molecule is NCCCC[C@H](Nc1c(F)c(N2CCOCC2)c(F)c(NC2CCCCC2)c1[N+](=O)[O-])C(=O)O. The van der Waals surface area contributed by atoms with Gasteiger partial charge in [0.05, 0.1) is 18.1 Å². The molecule has 1 heterocycles. The minimum atomic E-state index is -1.30. The number of nitrogens with one attached hydrogen (secondary N) is 2. The molecule has 34 heavy (non-hydrogen) atoms. The number of benzene rings is 1. The van der Waals surface area contributed by atoms with Crippen molar-refractivity contribution in [2.24, 2.45) is 5.73 Å². The van der Waals surface area contributed by atoms with E-state index < -0.39 is 51.3 Å². The number of rotatable bonds is 11. The van der Waals surface area contributed by atoms with Gasteiger partial charge in [-0.3, -0.25) is 10.1 Å². The number of carboxylic acids is 1. The lowest BCUT2D eigenvalue weighted by Gasteiger charge is -2.32. The predicted molar refractivity (Wildman–Crippen MR) is 124 cm³/mol. The summed E-state index contributed by atoms with van der Waals surface area (Å²) in [5.74, 6) is -3.51. The number of ether oxygens (including phenoxy) is 1. The molecule has 0 spiro atoms. The molecule has 1 aliphatic carbocycles. The van der Waals surface area contributed by atoms with Crippen LogP contribution >= 0.6 is 0 Å². The van der Waals surface area contributed by atoms with Crippen molar-refractivity contribution in [2.75, 3.05) is 48.4 Å². The summed E-state index contributed by atoms with van der Waals surface area (Å²) in [6.07, 6.45) is 5.31. The van der Waals surface area contributed by atoms with Crippen molar-refractivity contribution in [1.82, 2.24) is 0 Å². The molecule has 0 amide bonds. The Morgan fingerprint density at radius 2 is 1.82 bits per heavy atom. The van der Waals surface area contributed by atoms with E-state index in [1.165, 1.54) is 4.90 Å². The summed E-state index contributed by atoms with van der Waals surface area (Å²) in [4.78, 5) is 24.5. The first kappa shape index (κ1) is 25.9. The average molecular weight is 486 g/mol. The van der Waals surface area contributed by atoms with Gasteiger partial charge in [-0.25, -0.2) is 13.6 Å². The summed E-state index contributed by atoms with van der Waals surface area (Å²) in [7, 11) is 0. The van der Waals surface area contributed by atoms with Gasteiger partial charge in [-0.2, -0.15) is 0 Å². The number of nitro groups is 1. The third kappa shape index (κ3) is 6.03. The zero-order valence-electron chi connectivity index (χ0n) is 19.2. The van der Waals surface area contributed by atoms with Crippen LogP contribution in [0.15, 0.2) is 0 Å². The fraction of sp³-hybridized carbons (Fsp3) is 0.682. The second-order valence-electron chi connectivity index (χ2n) is 8.73. The number of nitrogens with zero attached hydrogens (tertiary/aromatic N) is 2. The number of morpholine rings is 1. The monoisotopic (exact) mass is 485 g/mol. The third-order valence-corrected chi connectivity index (χ3v) is 6.36. The molecular formula is C22H33F2N5O5. The highest BCUT2D eigenvalue weighted by atomic mass is 19.1. The van der Waals surface area contributed by atoms with Gasteiger partial charge in [0.2, 0.25) is 0 Å². The molecule has 0 radical (unpaired) electrons. The molecule has 10 nitrogen and oxygen atoms in total. The van der Waals surface area contributed by atoms with Gasteiger partial charge >= 0.3 is 11.7 Å².